The highest BCUT2D eigenvalue weighted by molar-refractivity contribution is 5.85. The monoisotopic (exact) mass is 337 g/mol. The van der Waals surface area contributed by atoms with Crippen LogP contribution < -0.4 is 0 Å². The molecule has 2 unspecified atom stereocenters. The van der Waals surface area contributed by atoms with E-state index in [-0.39, 0.29) is 23.9 Å². The summed E-state index contributed by atoms with van der Waals surface area (Å²) in [6, 6.07) is 10.8. The topological polar surface area (TPSA) is 32.7 Å². The molecule has 3 heterocycles. The average Bonchev–Trinajstić information content (AvgIpc) is 3.08. The van der Waals surface area contributed by atoms with Gasteiger partial charge in [-0.05, 0) is 50.3 Å². The molecule has 3 saturated heterocycles. The van der Waals surface area contributed by atoms with Crippen molar-refractivity contribution < 1.29 is 10.1 Å². The van der Waals surface area contributed by atoms with E-state index in [4.69, 9.17) is 4.89 Å². The lowest BCUT2D eigenvalue weighted by molar-refractivity contribution is -0.315. The van der Waals surface area contributed by atoms with Gasteiger partial charge < -0.3 is 4.90 Å². The summed E-state index contributed by atoms with van der Waals surface area (Å²) < 4.78 is 0. The van der Waals surface area contributed by atoms with Crippen molar-refractivity contribution in [1.29, 1.82) is 0 Å². The van der Waals surface area contributed by atoms with E-state index < -0.39 is 0 Å². The Morgan fingerprint density at radius 1 is 1.09 bits per heavy atom. The Hall–Kier alpha value is -0.610. The van der Waals surface area contributed by atoms with Crippen LogP contribution in [-0.4, -0.2) is 35.9 Å². The number of fused-ring (bicyclic) bond motifs is 3. The molecule has 0 spiro atoms. The van der Waals surface area contributed by atoms with Gasteiger partial charge in [-0.25, -0.2) is 4.89 Å². The minimum absolute atomic E-state index is 0. The average molecular weight is 338 g/mol. The Morgan fingerprint density at radius 2 is 1.74 bits per heavy atom. The summed E-state index contributed by atoms with van der Waals surface area (Å²) in [5.41, 5.74) is 1.38. The molecule has 3 nitrogen and oxygen atoms in total. The number of rotatable bonds is 4. The molecule has 23 heavy (non-hydrogen) atoms. The lowest BCUT2D eigenvalue weighted by Crippen LogP contribution is -2.56. The molecule has 0 amide bonds. The molecule has 4 heteroatoms. The lowest BCUT2D eigenvalue weighted by atomic mass is 9.64. The fourth-order valence-corrected chi connectivity index (χ4v) is 5.46. The molecular formula is C19H28ClNO2. The second-order valence-electron chi connectivity index (χ2n) is 7.56. The van der Waals surface area contributed by atoms with Crippen LogP contribution in [0.4, 0.5) is 0 Å². The largest absolute Gasteiger partial charge is 0.303 e. The zero-order valence-electron chi connectivity index (χ0n) is 13.7. The number of hydrogen-bond acceptors (Lipinski definition) is 3. The molecule has 128 valence electrons. The molecule has 1 saturated carbocycles. The van der Waals surface area contributed by atoms with Gasteiger partial charge in [0, 0.05) is 17.9 Å². The minimum Gasteiger partial charge on any atom is -0.303 e. The van der Waals surface area contributed by atoms with E-state index in [1.165, 1.54) is 44.3 Å². The molecule has 1 aliphatic carbocycles. The number of nitrogens with zero attached hydrogens (tertiary/aromatic N) is 1. The summed E-state index contributed by atoms with van der Waals surface area (Å²) in [5.74, 6) is 1.20. The van der Waals surface area contributed by atoms with Gasteiger partial charge >= 0.3 is 0 Å². The Bertz CT molecular complexity index is 495. The van der Waals surface area contributed by atoms with Crippen LogP contribution in [0.25, 0.3) is 0 Å². The first-order valence-corrected chi connectivity index (χ1v) is 8.91. The highest BCUT2D eigenvalue weighted by Crippen LogP contribution is 2.50. The maximum Gasteiger partial charge on any atom is 0.107 e. The Labute approximate surface area is 145 Å². The van der Waals surface area contributed by atoms with Crippen molar-refractivity contribution in [2.24, 2.45) is 11.8 Å². The summed E-state index contributed by atoms with van der Waals surface area (Å²) in [4.78, 5) is 7.82. The molecule has 3 aliphatic heterocycles. The van der Waals surface area contributed by atoms with E-state index in [2.05, 4.69) is 35.2 Å². The normalized spacial score (nSPS) is 33.2. The van der Waals surface area contributed by atoms with Crippen LogP contribution in [0.2, 0.25) is 0 Å². The predicted molar refractivity (Wildman–Crippen MR) is 94.0 cm³/mol. The van der Waals surface area contributed by atoms with Gasteiger partial charge in [-0.15, -0.1) is 12.4 Å². The van der Waals surface area contributed by atoms with E-state index in [1.54, 1.807) is 0 Å². The van der Waals surface area contributed by atoms with E-state index in [9.17, 15) is 5.26 Å². The predicted octanol–water partition coefficient (Wildman–Crippen LogP) is 4.12. The van der Waals surface area contributed by atoms with Gasteiger partial charge in [0.1, 0.15) is 6.10 Å². The highest BCUT2D eigenvalue weighted by atomic mass is 35.5. The Kier molecular flexibility index (Phi) is 5.32. The molecule has 4 fully saturated rings. The highest BCUT2D eigenvalue weighted by Gasteiger charge is 2.51. The summed E-state index contributed by atoms with van der Waals surface area (Å²) in [6.45, 7) is 3.57. The molecule has 4 aliphatic rings. The molecule has 1 aromatic rings. The first-order chi connectivity index (χ1) is 10.8. The standard InChI is InChI=1S/C19H27NO2.ClH/c21-22-18(17-14-20-12-8-15(17)9-13-20)19(10-4-5-11-19)16-6-2-1-3-7-16;/h1-3,6-7,15,17-18,21H,4-5,8-14H2;1H. The number of hydrogen-bond donors (Lipinski definition) is 1. The maximum absolute atomic E-state index is 9.87. The van der Waals surface area contributed by atoms with Crippen molar-refractivity contribution in [2.45, 2.75) is 50.0 Å². The third-order valence-corrected chi connectivity index (χ3v) is 6.60. The minimum atomic E-state index is -0.0505. The van der Waals surface area contributed by atoms with Gasteiger partial charge in [0.25, 0.3) is 0 Å². The van der Waals surface area contributed by atoms with Crippen molar-refractivity contribution in [2.75, 3.05) is 19.6 Å². The van der Waals surface area contributed by atoms with Crippen LogP contribution in [0.15, 0.2) is 30.3 Å². The molecule has 1 N–H and O–H groups in total. The van der Waals surface area contributed by atoms with Crippen molar-refractivity contribution in [3.8, 4) is 0 Å². The zero-order valence-corrected chi connectivity index (χ0v) is 14.5. The van der Waals surface area contributed by atoms with Gasteiger partial charge in [0.15, 0.2) is 0 Å². The SMILES string of the molecule is Cl.OOC(C1CN2CCC1CC2)C1(c2ccccc2)CCCC1. The molecule has 0 radical (unpaired) electrons. The number of benzene rings is 1. The van der Waals surface area contributed by atoms with E-state index in [1.807, 2.05) is 0 Å². The first kappa shape index (κ1) is 17.2. The number of piperidine rings is 3. The fraction of sp³-hybridized carbons (Fsp3) is 0.684. The summed E-state index contributed by atoms with van der Waals surface area (Å²) >= 11 is 0. The van der Waals surface area contributed by atoms with E-state index in [0.29, 0.717) is 5.92 Å². The van der Waals surface area contributed by atoms with Crippen molar-refractivity contribution in [3.63, 3.8) is 0 Å². The molecule has 2 bridgehead atoms. The summed E-state index contributed by atoms with van der Waals surface area (Å²) in [6.07, 6.45) is 7.28. The van der Waals surface area contributed by atoms with Crippen LogP contribution in [0.3, 0.4) is 0 Å². The molecular weight excluding hydrogens is 310 g/mol. The zero-order chi connectivity index (χ0) is 15.0. The van der Waals surface area contributed by atoms with Crippen molar-refractivity contribution >= 4 is 12.4 Å². The van der Waals surface area contributed by atoms with E-state index >= 15 is 0 Å². The van der Waals surface area contributed by atoms with Gasteiger partial charge in [-0.3, -0.25) is 5.26 Å². The van der Waals surface area contributed by atoms with Gasteiger partial charge in [-0.2, -0.15) is 0 Å². The van der Waals surface area contributed by atoms with Gasteiger partial charge in [-0.1, -0.05) is 43.2 Å². The van der Waals surface area contributed by atoms with Gasteiger partial charge in [0.05, 0.1) is 0 Å². The van der Waals surface area contributed by atoms with Crippen LogP contribution in [0.5, 0.6) is 0 Å². The quantitative estimate of drug-likeness (QED) is 0.662. The third kappa shape index (κ3) is 2.93. The van der Waals surface area contributed by atoms with Crippen LogP contribution in [-0.2, 0) is 10.3 Å². The number of halogens is 1. The van der Waals surface area contributed by atoms with Crippen LogP contribution >= 0.6 is 12.4 Å². The Balaban J connectivity index is 0.00000156. The Morgan fingerprint density at radius 3 is 2.26 bits per heavy atom. The molecule has 0 aromatic heterocycles. The smallest absolute Gasteiger partial charge is 0.107 e. The first-order valence-electron chi connectivity index (χ1n) is 8.91. The fourth-order valence-electron chi connectivity index (χ4n) is 5.46. The van der Waals surface area contributed by atoms with Crippen molar-refractivity contribution in [1.82, 2.24) is 4.90 Å². The molecule has 2 atom stereocenters. The lowest BCUT2D eigenvalue weighted by Gasteiger charge is -2.51. The second-order valence-corrected chi connectivity index (χ2v) is 7.56. The second kappa shape index (κ2) is 7.10. The maximum atomic E-state index is 9.87. The molecule has 1 aromatic carbocycles. The third-order valence-electron chi connectivity index (χ3n) is 6.60. The van der Waals surface area contributed by atoms with Crippen LogP contribution in [0.1, 0.15) is 44.1 Å². The van der Waals surface area contributed by atoms with Gasteiger partial charge in [0.2, 0.25) is 0 Å². The van der Waals surface area contributed by atoms with E-state index in [0.717, 1.165) is 25.3 Å². The van der Waals surface area contributed by atoms with Crippen molar-refractivity contribution in [3.05, 3.63) is 35.9 Å². The summed E-state index contributed by atoms with van der Waals surface area (Å²) in [5, 5.41) is 9.87. The summed E-state index contributed by atoms with van der Waals surface area (Å²) in [7, 11) is 0. The molecule has 5 rings (SSSR count). The van der Waals surface area contributed by atoms with Crippen LogP contribution in [0, 0.1) is 11.8 Å².